The Bertz CT molecular complexity index is 1380. The molecule has 0 fully saturated rings. The number of hydrogen-bond donors (Lipinski definition) is 1. The molecule has 4 rings (SSSR count). The van der Waals surface area contributed by atoms with Gasteiger partial charge in [-0.1, -0.05) is 48.0 Å². The van der Waals surface area contributed by atoms with Crippen LogP contribution in [0.3, 0.4) is 0 Å². The molecule has 0 radical (unpaired) electrons. The van der Waals surface area contributed by atoms with Crippen LogP contribution >= 0.6 is 11.6 Å². The van der Waals surface area contributed by atoms with Crippen molar-refractivity contribution in [2.24, 2.45) is 17.1 Å². The largest absolute Gasteiger partial charge is 0.489 e. The Morgan fingerprint density at radius 1 is 1.16 bits per heavy atom. The lowest BCUT2D eigenvalue weighted by atomic mass is 9.58. The van der Waals surface area contributed by atoms with Crippen molar-refractivity contribution in [3.05, 3.63) is 87.6 Å². The second-order valence-corrected chi connectivity index (χ2v) is 9.17. The number of hydrogen-bond acceptors (Lipinski definition) is 7. The van der Waals surface area contributed by atoms with Crippen molar-refractivity contribution in [3.8, 4) is 24.0 Å². The minimum Gasteiger partial charge on any atom is -0.489 e. The molecular weight excluding hydrogens is 490 g/mol. The van der Waals surface area contributed by atoms with Crippen molar-refractivity contribution in [1.29, 1.82) is 15.8 Å². The van der Waals surface area contributed by atoms with Crippen LogP contribution in [0.5, 0.6) is 5.75 Å². The van der Waals surface area contributed by atoms with E-state index < -0.39 is 23.3 Å². The molecule has 2 N–H and O–H groups in total. The highest BCUT2D eigenvalue weighted by atomic mass is 35.5. The van der Waals surface area contributed by atoms with Gasteiger partial charge in [0, 0.05) is 35.5 Å². The number of ether oxygens (including phenoxy) is 2. The van der Waals surface area contributed by atoms with Gasteiger partial charge in [-0.2, -0.15) is 15.8 Å². The Morgan fingerprint density at radius 3 is 2.51 bits per heavy atom. The average molecular weight is 514 g/mol. The van der Waals surface area contributed by atoms with Gasteiger partial charge in [0.15, 0.2) is 5.41 Å². The molecule has 1 heterocycles. The summed E-state index contributed by atoms with van der Waals surface area (Å²) in [4.78, 5) is 14.1. The maximum atomic E-state index is 12.6. The van der Waals surface area contributed by atoms with Gasteiger partial charge in [-0.05, 0) is 36.3 Å². The molecule has 9 heteroatoms. The van der Waals surface area contributed by atoms with E-state index in [2.05, 4.69) is 18.2 Å². The summed E-state index contributed by atoms with van der Waals surface area (Å²) in [6.07, 6.45) is 1.24. The summed E-state index contributed by atoms with van der Waals surface area (Å²) in [6.45, 7) is 2.51. The number of nitrogens with zero attached hydrogens (tertiary/aromatic N) is 4. The van der Waals surface area contributed by atoms with Crippen molar-refractivity contribution < 1.29 is 14.3 Å². The van der Waals surface area contributed by atoms with Crippen LogP contribution in [0.1, 0.15) is 24.0 Å². The van der Waals surface area contributed by atoms with Crippen molar-refractivity contribution in [2.45, 2.75) is 19.4 Å². The highest BCUT2D eigenvalue weighted by Gasteiger charge is 2.55. The van der Waals surface area contributed by atoms with Crippen LogP contribution in [0.15, 0.2) is 71.5 Å². The summed E-state index contributed by atoms with van der Waals surface area (Å²) in [5.41, 5.74) is 6.64. The number of rotatable bonds is 5. The maximum Gasteiger partial charge on any atom is 0.410 e. The quantitative estimate of drug-likeness (QED) is 0.606. The predicted octanol–water partition coefficient (Wildman–Crippen LogP) is 4.80. The second kappa shape index (κ2) is 10.7. The van der Waals surface area contributed by atoms with Gasteiger partial charge in [0.1, 0.15) is 18.4 Å². The van der Waals surface area contributed by atoms with Gasteiger partial charge in [0.2, 0.25) is 0 Å². The average Bonchev–Trinajstić information content (AvgIpc) is 2.92. The number of carbonyl (C=O) groups is 1. The number of carbonyl (C=O) groups excluding carboxylic acids is 1. The molecule has 1 amide bonds. The van der Waals surface area contributed by atoms with Crippen molar-refractivity contribution >= 4 is 17.7 Å². The molecule has 0 spiro atoms. The third-order valence-corrected chi connectivity index (χ3v) is 7.00. The Labute approximate surface area is 220 Å². The first-order chi connectivity index (χ1) is 17.9. The summed E-state index contributed by atoms with van der Waals surface area (Å²) in [7, 11) is 0. The van der Waals surface area contributed by atoms with Gasteiger partial charge in [-0.25, -0.2) is 4.79 Å². The molecule has 37 heavy (non-hydrogen) atoms. The van der Waals surface area contributed by atoms with E-state index in [0.29, 0.717) is 21.9 Å². The van der Waals surface area contributed by atoms with Crippen LogP contribution in [0, 0.1) is 45.3 Å². The highest BCUT2D eigenvalue weighted by Crippen LogP contribution is 2.55. The van der Waals surface area contributed by atoms with Crippen molar-refractivity contribution in [2.75, 3.05) is 19.7 Å². The normalized spacial score (nSPS) is 20.0. The molecule has 2 aliphatic rings. The van der Waals surface area contributed by atoms with E-state index in [1.54, 1.807) is 49.4 Å². The van der Waals surface area contributed by atoms with Gasteiger partial charge in [0.05, 0.1) is 30.0 Å². The van der Waals surface area contributed by atoms with E-state index in [-0.39, 0.29) is 37.6 Å². The predicted molar refractivity (Wildman–Crippen MR) is 136 cm³/mol. The molecule has 186 valence electrons. The molecular formula is C28H24ClN5O3. The first kappa shape index (κ1) is 25.6. The fourth-order valence-corrected chi connectivity index (χ4v) is 5.12. The lowest BCUT2D eigenvalue weighted by molar-refractivity contribution is 0.0997. The van der Waals surface area contributed by atoms with E-state index in [9.17, 15) is 20.6 Å². The van der Waals surface area contributed by atoms with Gasteiger partial charge < -0.3 is 20.1 Å². The Morgan fingerprint density at radius 2 is 1.86 bits per heavy atom. The van der Waals surface area contributed by atoms with Crippen LogP contribution in [-0.2, 0) is 11.3 Å². The zero-order valence-electron chi connectivity index (χ0n) is 20.1. The molecule has 1 aliphatic carbocycles. The summed E-state index contributed by atoms with van der Waals surface area (Å²) in [5, 5.41) is 31.3. The van der Waals surface area contributed by atoms with Gasteiger partial charge in [-0.3, -0.25) is 0 Å². The number of benzene rings is 2. The highest BCUT2D eigenvalue weighted by molar-refractivity contribution is 6.30. The van der Waals surface area contributed by atoms with Gasteiger partial charge in [-0.15, -0.1) is 0 Å². The molecule has 1 aliphatic heterocycles. The number of nitrogens with two attached hydrogens (primary N) is 1. The van der Waals surface area contributed by atoms with Crippen LogP contribution in [0.25, 0.3) is 0 Å². The monoisotopic (exact) mass is 513 g/mol. The van der Waals surface area contributed by atoms with Crippen molar-refractivity contribution in [3.63, 3.8) is 0 Å². The number of para-hydroxylation sites is 1. The Kier molecular flexibility index (Phi) is 7.39. The SMILES string of the molecule is CCOC(=O)N1CC=C2C(C#N)=C(N)C(C#N)(C#N)[C@@H](c3ccccc3OCc3ccc(Cl)cc3)[C@@H]2C1. The molecule has 2 atom stereocenters. The maximum absolute atomic E-state index is 12.6. The minimum atomic E-state index is -1.86. The zero-order valence-corrected chi connectivity index (χ0v) is 20.9. The fraction of sp³-hybridized carbons (Fsp3) is 0.286. The summed E-state index contributed by atoms with van der Waals surface area (Å²) < 4.78 is 11.4. The lowest BCUT2D eigenvalue weighted by Gasteiger charge is -2.45. The van der Waals surface area contributed by atoms with Crippen LogP contribution in [0.2, 0.25) is 5.02 Å². The molecule has 2 aromatic carbocycles. The van der Waals surface area contributed by atoms with Crippen LogP contribution in [0.4, 0.5) is 4.79 Å². The molecule has 0 saturated heterocycles. The van der Waals surface area contributed by atoms with Crippen LogP contribution < -0.4 is 10.5 Å². The topological polar surface area (TPSA) is 136 Å². The number of halogens is 1. The summed E-state index contributed by atoms with van der Waals surface area (Å²) in [5.74, 6) is -0.915. The Balaban J connectivity index is 1.84. The first-order valence-corrected chi connectivity index (χ1v) is 12.1. The number of allylic oxidation sites excluding steroid dienone is 2. The number of amides is 1. The number of fused-ring (bicyclic) bond motifs is 1. The van der Waals surface area contributed by atoms with E-state index in [0.717, 1.165) is 5.56 Å². The molecule has 2 aromatic rings. The minimum absolute atomic E-state index is 0.0930. The first-order valence-electron chi connectivity index (χ1n) is 11.7. The standard InChI is InChI=1S/C28H24ClN5O3/c1-2-36-27(35)34-12-11-20-22(13-30)26(33)28(16-31,17-32)25(23(20)14-34)21-5-3-4-6-24(21)37-15-18-7-9-19(29)10-8-18/h3-11,23,25H,2,12,14-15,33H2,1H3/t23-,25+/m1/s1. The van der Waals surface area contributed by atoms with Crippen LogP contribution in [-0.4, -0.2) is 30.7 Å². The third-order valence-electron chi connectivity index (χ3n) is 6.75. The van der Waals surface area contributed by atoms with E-state index in [1.165, 1.54) is 4.90 Å². The molecule has 0 unspecified atom stereocenters. The second-order valence-electron chi connectivity index (χ2n) is 8.73. The fourth-order valence-electron chi connectivity index (χ4n) is 5.00. The lowest BCUT2D eigenvalue weighted by Crippen LogP contribution is -2.49. The molecule has 0 aromatic heterocycles. The van der Waals surface area contributed by atoms with Gasteiger partial charge in [0.25, 0.3) is 0 Å². The van der Waals surface area contributed by atoms with E-state index in [4.69, 9.17) is 26.8 Å². The smallest absolute Gasteiger partial charge is 0.410 e. The summed E-state index contributed by atoms with van der Waals surface area (Å²) >= 11 is 5.99. The molecule has 0 saturated carbocycles. The summed E-state index contributed by atoms with van der Waals surface area (Å²) in [6, 6.07) is 20.7. The van der Waals surface area contributed by atoms with E-state index in [1.807, 2.05) is 12.1 Å². The zero-order chi connectivity index (χ0) is 26.6. The van der Waals surface area contributed by atoms with Gasteiger partial charge >= 0.3 is 6.09 Å². The third kappa shape index (κ3) is 4.58. The molecule has 8 nitrogen and oxygen atoms in total. The Hall–Kier alpha value is -4.45. The van der Waals surface area contributed by atoms with E-state index >= 15 is 0 Å². The number of nitriles is 3. The molecule has 0 bridgehead atoms. The van der Waals surface area contributed by atoms with Crippen molar-refractivity contribution in [1.82, 2.24) is 4.90 Å².